The molecular formula is C14H48O3Si3. The molecule has 0 saturated carbocycles. The molecule has 0 aromatic carbocycles. The van der Waals surface area contributed by atoms with Crippen molar-refractivity contribution in [3.63, 3.8) is 0 Å². The molecule has 0 unspecified atom stereocenters. The van der Waals surface area contributed by atoms with Crippen LogP contribution in [-0.2, 0) is 12.7 Å². The average Bonchev–Trinajstić information content (AvgIpc) is 1.78. The zero-order chi connectivity index (χ0) is 11.6. The first-order valence-electron chi connectivity index (χ1n) is 4.93. The van der Waals surface area contributed by atoms with E-state index < -0.39 is 25.4 Å². The lowest BCUT2D eigenvalue weighted by Crippen LogP contribution is -2.52. The first-order valence-corrected chi connectivity index (χ1v) is 14.0. The molecular weight excluding hydrogens is 300 g/mol. The van der Waals surface area contributed by atoms with Crippen LogP contribution < -0.4 is 0 Å². The fourth-order valence-electron chi connectivity index (χ4n) is 1.39. The highest BCUT2D eigenvalue weighted by atomic mass is 28.5. The minimum Gasteiger partial charge on any atom is -0.437 e. The van der Waals surface area contributed by atoms with Gasteiger partial charge in [-0.15, -0.1) is 0 Å². The van der Waals surface area contributed by atoms with Crippen molar-refractivity contribution in [1.82, 2.24) is 0 Å². The van der Waals surface area contributed by atoms with Gasteiger partial charge in [0.1, 0.15) is 0 Å². The summed E-state index contributed by atoms with van der Waals surface area (Å²) in [5, 5.41) is 0. The molecule has 0 bridgehead atoms. The van der Waals surface area contributed by atoms with E-state index in [0.717, 1.165) is 0 Å². The molecule has 0 amide bonds. The molecule has 6 heteroatoms. The van der Waals surface area contributed by atoms with Gasteiger partial charge in [-0.2, -0.15) is 0 Å². The Labute approximate surface area is 136 Å². The molecule has 0 aliphatic rings. The zero-order valence-corrected chi connectivity index (χ0v) is 13.7. The van der Waals surface area contributed by atoms with E-state index in [0.29, 0.717) is 0 Å². The lowest BCUT2D eigenvalue weighted by Gasteiger charge is -2.36. The highest BCUT2D eigenvalue weighted by molar-refractivity contribution is 6.85. The molecule has 0 saturated heterocycles. The van der Waals surface area contributed by atoms with E-state index in [-0.39, 0.29) is 44.6 Å². The number of rotatable bonds is 5. The summed E-state index contributed by atoms with van der Waals surface area (Å²) < 4.78 is 17.5. The Balaban J connectivity index is -0.0000000563. The lowest BCUT2D eigenvalue weighted by molar-refractivity contribution is 0.280. The minimum absolute atomic E-state index is 0. The Morgan fingerprint density at radius 2 is 0.800 bits per heavy atom. The molecule has 0 aromatic rings. The van der Waals surface area contributed by atoms with Crippen LogP contribution >= 0.6 is 0 Å². The summed E-state index contributed by atoms with van der Waals surface area (Å²) in [4.78, 5) is 0. The van der Waals surface area contributed by atoms with Gasteiger partial charge in [0.25, 0.3) is 0 Å². The van der Waals surface area contributed by atoms with Crippen LogP contribution in [0.25, 0.3) is 0 Å². The number of hydrogen-bond acceptors (Lipinski definition) is 3. The predicted octanol–water partition coefficient (Wildman–Crippen LogP) is 6.72. The fourth-order valence-corrected chi connectivity index (χ4v) is 12.9. The molecule has 134 valence electrons. The molecule has 0 heterocycles. The molecule has 0 spiro atoms. The highest BCUT2D eigenvalue weighted by Gasteiger charge is 2.38. The molecule has 0 aliphatic carbocycles. The van der Waals surface area contributed by atoms with Gasteiger partial charge in [-0.25, -0.2) is 0 Å². The fraction of sp³-hybridized carbons (Fsp3) is 1.00. The van der Waals surface area contributed by atoms with Gasteiger partial charge in [0.05, 0.1) is 0 Å². The summed E-state index contributed by atoms with van der Waals surface area (Å²) in [6.45, 7) is 14.9. The second-order valence-corrected chi connectivity index (χ2v) is 17.2. The van der Waals surface area contributed by atoms with Crippen LogP contribution in [0.15, 0.2) is 0 Å². The lowest BCUT2D eigenvalue weighted by atomic mass is 11.8. The van der Waals surface area contributed by atoms with E-state index in [1.165, 1.54) is 0 Å². The second-order valence-electron chi connectivity index (χ2n) is 5.32. The summed E-state index contributed by atoms with van der Waals surface area (Å²) in [7, 11) is -3.74. The van der Waals surface area contributed by atoms with Crippen LogP contribution in [0, 0.1) is 0 Å². The smallest absolute Gasteiger partial charge is 0.322 e. The van der Waals surface area contributed by atoms with Crippen molar-refractivity contribution in [3.05, 3.63) is 0 Å². The Kier molecular flexibility index (Phi) is 30.9. The summed E-state index contributed by atoms with van der Waals surface area (Å²) in [5.74, 6) is 0. The van der Waals surface area contributed by atoms with Gasteiger partial charge in [0.2, 0.25) is 0 Å². The van der Waals surface area contributed by atoms with Crippen molar-refractivity contribution in [2.45, 2.75) is 90.4 Å². The number of hydrogen-bond donors (Lipinski definition) is 0. The van der Waals surface area contributed by atoms with E-state index in [9.17, 15) is 0 Å². The molecule has 0 atom stereocenters. The van der Waals surface area contributed by atoms with E-state index in [2.05, 4.69) is 45.8 Å². The van der Waals surface area contributed by atoms with E-state index in [4.69, 9.17) is 12.7 Å². The van der Waals surface area contributed by atoms with Gasteiger partial charge < -0.3 is 12.7 Å². The van der Waals surface area contributed by atoms with Crippen LogP contribution in [0.2, 0.25) is 45.8 Å². The van der Waals surface area contributed by atoms with Gasteiger partial charge in [0, 0.05) is 7.11 Å². The first kappa shape index (κ1) is 42.8. The Bertz CT molecular complexity index is 191. The maximum absolute atomic E-state index is 6.07. The van der Waals surface area contributed by atoms with Crippen molar-refractivity contribution in [2.24, 2.45) is 0 Å². The SMILES string of the molecule is C.C.C.C.C.C.CO[Si](C)(C)O[Si](C)(C)O[Si](C)(C)C. The maximum Gasteiger partial charge on any atom is 0.322 e. The second kappa shape index (κ2) is 14.5. The van der Waals surface area contributed by atoms with E-state index in [1.807, 2.05) is 0 Å². The summed E-state index contributed by atoms with van der Waals surface area (Å²) in [6.07, 6.45) is 0. The van der Waals surface area contributed by atoms with Crippen LogP contribution in [0.5, 0.6) is 0 Å². The standard InChI is InChI=1S/C8H24O3Si3.6CH4/c1-9-13(5,6)11-14(7,8)10-12(2,3)4;;;;;;/h1-8H3;6*1H4. The zero-order valence-electron chi connectivity index (χ0n) is 10.7. The van der Waals surface area contributed by atoms with Gasteiger partial charge >= 0.3 is 17.1 Å². The minimum atomic E-state index is -2.00. The van der Waals surface area contributed by atoms with Gasteiger partial charge in [0.15, 0.2) is 8.32 Å². The molecule has 0 rings (SSSR count). The van der Waals surface area contributed by atoms with Crippen molar-refractivity contribution in [2.75, 3.05) is 7.11 Å². The van der Waals surface area contributed by atoms with Crippen molar-refractivity contribution in [3.8, 4) is 0 Å². The highest BCUT2D eigenvalue weighted by Crippen LogP contribution is 2.20. The molecule has 0 fully saturated rings. The Morgan fingerprint density at radius 1 is 0.500 bits per heavy atom. The molecule has 0 aliphatic heterocycles. The normalized spacial score (nSPS) is 10.2. The summed E-state index contributed by atoms with van der Waals surface area (Å²) in [5.41, 5.74) is 0. The van der Waals surface area contributed by atoms with Crippen molar-refractivity contribution < 1.29 is 12.7 Å². The van der Waals surface area contributed by atoms with Crippen LogP contribution in [0.4, 0.5) is 0 Å². The van der Waals surface area contributed by atoms with E-state index >= 15 is 0 Å². The molecule has 3 nitrogen and oxygen atoms in total. The molecule has 0 radical (unpaired) electrons. The van der Waals surface area contributed by atoms with Crippen molar-refractivity contribution >= 4 is 25.4 Å². The van der Waals surface area contributed by atoms with E-state index in [1.54, 1.807) is 7.11 Å². The molecule has 20 heavy (non-hydrogen) atoms. The summed E-state index contributed by atoms with van der Waals surface area (Å²) in [6, 6.07) is 0. The van der Waals surface area contributed by atoms with Gasteiger partial charge in [-0.05, 0) is 45.8 Å². The van der Waals surface area contributed by atoms with Crippen LogP contribution in [0.3, 0.4) is 0 Å². The van der Waals surface area contributed by atoms with Gasteiger partial charge in [-0.1, -0.05) is 44.6 Å². The average molecular weight is 349 g/mol. The monoisotopic (exact) mass is 348 g/mol. The topological polar surface area (TPSA) is 27.7 Å². The van der Waals surface area contributed by atoms with Crippen molar-refractivity contribution in [1.29, 1.82) is 0 Å². The Hall–Kier alpha value is 0.531. The predicted molar refractivity (Wildman–Crippen MR) is 108 cm³/mol. The third-order valence-electron chi connectivity index (χ3n) is 1.54. The quantitative estimate of drug-likeness (QED) is 0.516. The largest absolute Gasteiger partial charge is 0.437 e. The maximum atomic E-state index is 6.07. The summed E-state index contributed by atoms with van der Waals surface area (Å²) >= 11 is 0. The molecule has 0 N–H and O–H groups in total. The third kappa shape index (κ3) is 23.6. The molecule has 0 aromatic heterocycles. The third-order valence-corrected chi connectivity index (χ3v) is 10.9. The van der Waals surface area contributed by atoms with Crippen LogP contribution in [0.1, 0.15) is 44.6 Å². The van der Waals surface area contributed by atoms with Gasteiger partial charge in [-0.3, -0.25) is 0 Å². The first-order chi connectivity index (χ1) is 5.97. The van der Waals surface area contributed by atoms with Crippen LogP contribution in [-0.4, -0.2) is 32.5 Å². The Morgan fingerprint density at radius 3 is 1.00 bits per heavy atom.